The fourth-order valence-electron chi connectivity index (χ4n) is 3.01. The van der Waals surface area contributed by atoms with E-state index in [1.54, 1.807) is 13.8 Å². The average molecular weight is 422 g/mol. The van der Waals surface area contributed by atoms with Crippen molar-refractivity contribution in [2.45, 2.75) is 13.8 Å². The summed E-state index contributed by atoms with van der Waals surface area (Å²) in [6, 6.07) is 11.1. The molecule has 158 valence electrons. The van der Waals surface area contributed by atoms with Gasteiger partial charge in [-0.3, -0.25) is 9.59 Å². The number of nitrogens with one attached hydrogen (secondary N) is 2. The first-order valence-corrected chi connectivity index (χ1v) is 9.06. The number of hydrogen-bond donors (Lipinski definition) is 4. The number of aryl methyl sites for hydroxylation is 2. The number of carbonyl (C=O) groups excluding carboxylic acids is 2. The summed E-state index contributed by atoms with van der Waals surface area (Å²) in [5.41, 5.74) is 0.927. The maximum Gasteiger partial charge on any atom is 0.335 e. The molecule has 0 aliphatic carbocycles. The van der Waals surface area contributed by atoms with E-state index in [1.807, 2.05) is 0 Å². The van der Waals surface area contributed by atoms with Gasteiger partial charge in [-0.05, 0) is 62.4 Å². The Hall–Kier alpha value is -4.40. The second kappa shape index (κ2) is 8.54. The van der Waals surface area contributed by atoms with Crippen molar-refractivity contribution in [1.29, 1.82) is 0 Å². The minimum absolute atomic E-state index is 0.0412. The molecule has 0 saturated heterocycles. The Balaban J connectivity index is 1.83. The molecule has 1 heterocycles. The maximum absolute atomic E-state index is 12.8. The van der Waals surface area contributed by atoms with E-state index in [0.717, 1.165) is 0 Å². The van der Waals surface area contributed by atoms with E-state index in [-0.39, 0.29) is 33.8 Å². The van der Waals surface area contributed by atoms with Gasteiger partial charge in [-0.15, -0.1) is 0 Å². The Kier molecular flexibility index (Phi) is 5.87. The van der Waals surface area contributed by atoms with Crippen LogP contribution in [0.1, 0.15) is 53.0 Å². The van der Waals surface area contributed by atoms with Crippen LogP contribution < -0.4 is 10.6 Å². The van der Waals surface area contributed by atoms with E-state index in [9.17, 15) is 19.2 Å². The molecule has 0 spiro atoms. The molecule has 0 unspecified atom stereocenters. The molecule has 0 aliphatic heterocycles. The zero-order valence-corrected chi connectivity index (χ0v) is 16.6. The smallest absolute Gasteiger partial charge is 0.335 e. The van der Waals surface area contributed by atoms with Gasteiger partial charge in [0, 0.05) is 11.4 Å². The van der Waals surface area contributed by atoms with Crippen LogP contribution in [0.15, 0.2) is 52.9 Å². The average Bonchev–Trinajstić information content (AvgIpc) is 3.02. The van der Waals surface area contributed by atoms with Gasteiger partial charge in [-0.25, -0.2) is 9.59 Å². The molecule has 0 saturated carbocycles. The SMILES string of the molecule is Cc1oc(C)c(C(=O)Nc2ccc(C(=O)O)cc2)c1C(=O)Nc1ccc(C(=O)O)cc1. The van der Waals surface area contributed by atoms with Crippen molar-refractivity contribution in [2.75, 3.05) is 10.6 Å². The number of aromatic carboxylic acids is 2. The first kappa shape index (κ1) is 21.3. The molecule has 3 rings (SSSR count). The summed E-state index contributed by atoms with van der Waals surface area (Å²) in [6.07, 6.45) is 0. The number of carboxylic acids is 2. The van der Waals surface area contributed by atoms with Gasteiger partial charge in [0.05, 0.1) is 22.3 Å². The Labute approximate surface area is 176 Å². The van der Waals surface area contributed by atoms with E-state index in [0.29, 0.717) is 11.4 Å². The second-order valence-corrected chi connectivity index (χ2v) is 6.64. The van der Waals surface area contributed by atoms with Crippen molar-refractivity contribution in [3.63, 3.8) is 0 Å². The van der Waals surface area contributed by atoms with Crippen molar-refractivity contribution in [1.82, 2.24) is 0 Å². The minimum atomic E-state index is -1.09. The molecule has 2 aromatic carbocycles. The topological polar surface area (TPSA) is 146 Å². The minimum Gasteiger partial charge on any atom is -0.478 e. The Bertz CT molecular complexity index is 1080. The van der Waals surface area contributed by atoms with Gasteiger partial charge in [-0.1, -0.05) is 0 Å². The van der Waals surface area contributed by atoms with Crippen LogP contribution in [0.25, 0.3) is 0 Å². The van der Waals surface area contributed by atoms with Gasteiger partial charge in [0.1, 0.15) is 11.5 Å². The molecular formula is C22H18N2O7. The lowest BCUT2D eigenvalue weighted by Gasteiger charge is -2.09. The van der Waals surface area contributed by atoms with E-state index >= 15 is 0 Å². The normalized spacial score (nSPS) is 10.4. The highest BCUT2D eigenvalue weighted by Crippen LogP contribution is 2.25. The molecule has 9 nitrogen and oxygen atoms in total. The fraction of sp³-hybridized carbons (Fsp3) is 0.0909. The zero-order valence-electron chi connectivity index (χ0n) is 16.6. The molecule has 0 bridgehead atoms. The van der Waals surface area contributed by atoms with E-state index in [4.69, 9.17) is 14.6 Å². The van der Waals surface area contributed by atoms with Gasteiger partial charge in [0.2, 0.25) is 0 Å². The third-order valence-corrected chi connectivity index (χ3v) is 4.49. The van der Waals surface area contributed by atoms with Gasteiger partial charge in [0.25, 0.3) is 11.8 Å². The van der Waals surface area contributed by atoms with Crippen molar-refractivity contribution in [2.24, 2.45) is 0 Å². The summed E-state index contributed by atoms with van der Waals surface area (Å²) in [4.78, 5) is 47.6. The molecular weight excluding hydrogens is 404 g/mol. The third-order valence-electron chi connectivity index (χ3n) is 4.49. The van der Waals surface area contributed by atoms with Crippen LogP contribution in [0.2, 0.25) is 0 Å². The van der Waals surface area contributed by atoms with Gasteiger partial charge >= 0.3 is 11.9 Å². The maximum atomic E-state index is 12.8. The monoisotopic (exact) mass is 422 g/mol. The summed E-state index contributed by atoms with van der Waals surface area (Å²) in [6.45, 7) is 3.10. The number of carbonyl (C=O) groups is 4. The summed E-state index contributed by atoms with van der Waals surface area (Å²) in [5.74, 6) is -2.89. The highest BCUT2D eigenvalue weighted by atomic mass is 16.4. The largest absolute Gasteiger partial charge is 0.478 e. The molecule has 3 aromatic rings. The summed E-state index contributed by atoms with van der Waals surface area (Å²) in [7, 11) is 0. The lowest BCUT2D eigenvalue weighted by atomic mass is 10.1. The van der Waals surface area contributed by atoms with Gasteiger partial charge in [-0.2, -0.15) is 0 Å². The van der Waals surface area contributed by atoms with Crippen LogP contribution in [-0.2, 0) is 0 Å². The van der Waals surface area contributed by atoms with Crippen LogP contribution in [-0.4, -0.2) is 34.0 Å². The van der Waals surface area contributed by atoms with Crippen molar-refractivity contribution in [3.05, 3.63) is 82.3 Å². The number of carboxylic acid groups (broad SMARTS) is 2. The quantitative estimate of drug-likeness (QED) is 0.472. The highest BCUT2D eigenvalue weighted by Gasteiger charge is 2.27. The van der Waals surface area contributed by atoms with Crippen LogP contribution in [0.4, 0.5) is 11.4 Å². The van der Waals surface area contributed by atoms with Crippen molar-refractivity contribution >= 4 is 35.1 Å². The Morgan fingerprint density at radius 1 is 0.645 bits per heavy atom. The molecule has 1 aromatic heterocycles. The fourth-order valence-corrected chi connectivity index (χ4v) is 3.01. The van der Waals surface area contributed by atoms with Crippen LogP contribution in [0.3, 0.4) is 0 Å². The summed E-state index contributed by atoms with van der Waals surface area (Å²) in [5, 5.41) is 23.2. The number of rotatable bonds is 6. The number of hydrogen-bond acceptors (Lipinski definition) is 5. The first-order chi connectivity index (χ1) is 14.7. The van der Waals surface area contributed by atoms with Gasteiger partial charge < -0.3 is 25.3 Å². The molecule has 31 heavy (non-hydrogen) atoms. The Morgan fingerprint density at radius 3 is 1.26 bits per heavy atom. The van der Waals surface area contributed by atoms with E-state index in [1.165, 1.54) is 48.5 Å². The lowest BCUT2D eigenvalue weighted by Crippen LogP contribution is -2.20. The van der Waals surface area contributed by atoms with Crippen LogP contribution >= 0.6 is 0 Å². The summed E-state index contributed by atoms with van der Waals surface area (Å²) >= 11 is 0. The van der Waals surface area contributed by atoms with E-state index in [2.05, 4.69) is 10.6 Å². The van der Waals surface area contributed by atoms with Crippen LogP contribution in [0.5, 0.6) is 0 Å². The standard InChI is InChI=1S/C22H18N2O7/c1-11-17(19(25)23-15-7-3-13(4-8-15)21(27)28)18(12(2)31-11)20(26)24-16-9-5-14(6-10-16)22(29)30/h3-10H,1-2H3,(H,23,25)(H,24,26)(H,27,28)(H,29,30). The number of amides is 2. The first-order valence-electron chi connectivity index (χ1n) is 9.06. The molecule has 4 N–H and O–H groups in total. The predicted molar refractivity (Wildman–Crippen MR) is 111 cm³/mol. The molecule has 9 heteroatoms. The highest BCUT2D eigenvalue weighted by molar-refractivity contribution is 6.16. The van der Waals surface area contributed by atoms with Gasteiger partial charge in [0.15, 0.2) is 0 Å². The molecule has 2 amide bonds. The Morgan fingerprint density at radius 2 is 0.968 bits per heavy atom. The number of anilines is 2. The summed E-state index contributed by atoms with van der Waals surface area (Å²) < 4.78 is 5.49. The zero-order chi connectivity index (χ0) is 22.7. The molecule has 0 radical (unpaired) electrons. The van der Waals surface area contributed by atoms with Crippen molar-refractivity contribution < 1.29 is 33.8 Å². The number of benzene rings is 2. The lowest BCUT2D eigenvalue weighted by molar-refractivity contribution is 0.0686. The molecule has 0 aliphatic rings. The van der Waals surface area contributed by atoms with Crippen LogP contribution in [0, 0.1) is 13.8 Å². The molecule has 0 atom stereocenters. The van der Waals surface area contributed by atoms with E-state index < -0.39 is 23.8 Å². The number of furan rings is 1. The third kappa shape index (κ3) is 4.61. The second-order valence-electron chi connectivity index (χ2n) is 6.64. The predicted octanol–water partition coefficient (Wildman–Crippen LogP) is 3.80. The molecule has 0 fully saturated rings. The van der Waals surface area contributed by atoms with Crippen molar-refractivity contribution in [3.8, 4) is 0 Å².